The molecule has 0 saturated carbocycles. The molecule has 14 heavy (non-hydrogen) atoms. The van der Waals surface area contributed by atoms with Gasteiger partial charge in [-0.1, -0.05) is 11.6 Å². The summed E-state index contributed by atoms with van der Waals surface area (Å²) in [6.45, 7) is 0. The summed E-state index contributed by atoms with van der Waals surface area (Å²) in [6, 6.07) is 1.11. The van der Waals surface area contributed by atoms with Crippen molar-refractivity contribution in [2.45, 2.75) is 6.18 Å². The highest BCUT2D eigenvalue weighted by Gasteiger charge is 2.35. The molecule has 0 aliphatic rings. The molecule has 0 spiro atoms. The van der Waals surface area contributed by atoms with Crippen LogP contribution >= 0.6 is 11.6 Å². The van der Waals surface area contributed by atoms with Gasteiger partial charge in [-0.05, 0) is 6.07 Å². The van der Waals surface area contributed by atoms with Crippen LogP contribution < -0.4 is 4.74 Å². The molecule has 0 atom stereocenters. The minimum Gasteiger partial charge on any atom is -0.495 e. The molecule has 0 fully saturated rings. The lowest BCUT2D eigenvalue weighted by atomic mass is 10.2. The van der Waals surface area contributed by atoms with Gasteiger partial charge in [0.15, 0.2) is 0 Å². The molecule has 0 heterocycles. The Bertz CT molecular complexity index is 348. The lowest BCUT2D eigenvalue weighted by Gasteiger charge is -2.11. The monoisotopic (exact) mass is 228 g/mol. The number of rotatable bonds is 1. The quantitative estimate of drug-likeness (QED) is 0.669. The van der Waals surface area contributed by atoms with Gasteiger partial charge in [-0.2, -0.15) is 13.2 Å². The van der Waals surface area contributed by atoms with E-state index in [0.717, 1.165) is 13.2 Å². The van der Waals surface area contributed by atoms with E-state index in [1.165, 1.54) is 0 Å². The summed E-state index contributed by atoms with van der Waals surface area (Å²) >= 11 is 5.35. The first-order valence-electron chi connectivity index (χ1n) is 3.46. The average molecular weight is 229 g/mol. The van der Waals surface area contributed by atoms with Crippen molar-refractivity contribution in [1.82, 2.24) is 0 Å². The number of halogens is 5. The molecule has 0 amide bonds. The van der Waals surface area contributed by atoms with Crippen molar-refractivity contribution in [2.75, 3.05) is 7.11 Å². The van der Waals surface area contributed by atoms with Gasteiger partial charge in [0.25, 0.3) is 0 Å². The topological polar surface area (TPSA) is 9.23 Å². The van der Waals surface area contributed by atoms with E-state index in [1.54, 1.807) is 0 Å². The van der Waals surface area contributed by atoms with Crippen LogP contribution in [0.5, 0.6) is 5.75 Å². The molecule has 0 aliphatic carbocycles. The van der Waals surface area contributed by atoms with Crippen LogP contribution in [0.2, 0.25) is 5.02 Å². The first kappa shape index (κ1) is 11.1. The van der Waals surface area contributed by atoms with Crippen molar-refractivity contribution in [1.29, 1.82) is 0 Å². The van der Waals surface area contributed by atoms with Crippen molar-refractivity contribution in [3.63, 3.8) is 0 Å². The number of hydrogen-bond acceptors (Lipinski definition) is 1. The summed E-state index contributed by atoms with van der Waals surface area (Å²) in [5, 5.41) is -0.638. The Morgan fingerprint density at radius 3 is 2.29 bits per heavy atom. The first-order valence-corrected chi connectivity index (χ1v) is 3.84. The molecule has 6 heteroatoms. The largest absolute Gasteiger partial charge is 0.495 e. The third kappa shape index (κ3) is 2.09. The highest BCUT2D eigenvalue weighted by Crippen LogP contribution is 2.39. The lowest BCUT2D eigenvalue weighted by molar-refractivity contribution is -0.137. The Labute approximate surface area is 82.2 Å². The Morgan fingerprint density at radius 2 is 1.86 bits per heavy atom. The highest BCUT2D eigenvalue weighted by molar-refractivity contribution is 6.32. The molecule has 78 valence electrons. The molecule has 1 aromatic rings. The van der Waals surface area contributed by atoms with Crippen LogP contribution in [0.3, 0.4) is 0 Å². The summed E-state index contributed by atoms with van der Waals surface area (Å²) in [7, 11) is 1.11. The Kier molecular flexibility index (Phi) is 2.89. The lowest BCUT2D eigenvalue weighted by Crippen LogP contribution is -2.07. The summed E-state index contributed by atoms with van der Waals surface area (Å²) < 4.78 is 53.9. The number of benzene rings is 1. The second-order valence-corrected chi connectivity index (χ2v) is 2.85. The molecular weight excluding hydrogens is 224 g/mol. The van der Waals surface area contributed by atoms with Gasteiger partial charge < -0.3 is 4.74 Å². The van der Waals surface area contributed by atoms with Crippen molar-refractivity contribution in [3.05, 3.63) is 28.5 Å². The molecular formula is C8H5ClF4O. The second kappa shape index (κ2) is 3.65. The maximum atomic E-state index is 12.7. The zero-order chi connectivity index (χ0) is 10.9. The normalized spacial score (nSPS) is 11.6. The number of hydrogen-bond donors (Lipinski definition) is 0. The van der Waals surface area contributed by atoms with Crippen LogP contribution in [-0.2, 0) is 6.18 Å². The average Bonchev–Trinajstić information content (AvgIpc) is 2.06. The van der Waals surface area contributed by atoms with E-state index in [4.69, 9.17) is 11.6 Å². The summed E-state index contributed by atoms with van der Waals surface area (Å²) in [5.74, 6) is -1.38. The Hall–Kier alpha value is -0.970. The summed E-state index contributed by atoms with van der Waals surface area (Å²) in [4.78, 5) is 0. The smallest absolute Gasteiger partial charge is 0.418 e. The SMILES string of the molecule is COc1cc(F)cc(C(F)(F)F)c1Cl. The van der Waals surface area contributed by atoms with E-state index >= 15 is 0 Å². The van der Waals surface area contributed by atoms with Crippen LogP contribution in [0.4, 0.5) is 17.6 Å². The summed E-state index contributed by atoms with van der Waals surface area (Å²) in [5.41, 5.74) is -1.24. The first-order chi connectivity index (χ1) is 6.36. The van der Waals surface area contributed by atoms with Crippen LogP contribution in [0, 0.1) is 5.82 Å². The van der Waals surface area contributed by atoms with Crippen LogP contribution in [0.15, 0.2) is 12.1 Å². The van der Waals surface area contributed by atoms with Crippen LogP contribution in [0.1, 0.15) is 5.56 Å². The van der Waals surface area contributed by atoms with Crippen molar-refractivity contribution in [3.8, 4) is 5.75 Å². The van der Waals surface area contributed by atoms with Gasteiger partial charge in [0.2, 0.25) is 0 Å². The highest BCUT2D eigenvalue weighted by atomic mass is 35.5. The van der Waals surface area contributed by atoms with E-state index in [0.29, 0.717) is 6.07 Å². The minimum absolute atomic E-state index is 0.324. The van der Waals surface area contributed by atoms with E-state index < -0.39 is 22.6 Å². The van der Waals surface area contributed by atoms with Crippen LogP contribution in [0.25, 0.3) is 0 Å². The molecule has 0 saturated heterocycles. The molecule has 0 unspecified atom stereocenters. The van der Waals surface area contributed by atoms with Crippen molar-refractivity contribution < 1.29 is 22.3 Å². The van der Waals surface area contributed by atoms with Crippen molar-refractivity contribution in [2.24, 2.45) is 0 Å². The fourth-order valence-electron chi connectivity index (χ4n) is 0.919. The Morgan fingerprint density at radius 1 is 1.29 bits per heavy atom. The predicted molar refractivity (Wildman–Crippen MR) is 43.0 cm³/mol. The Balaban J connectivity index is 3.37. The van der Waals surface area contributed by atoms with Gasteiger partial charge in [-0.25, -0.2) is 4.39 Å². The van der Waals surface area contributed by atoms with Crippen LogP contribution in [-0.4, -0.2) is 7.11 Å². The second-order valence-electron chi connectivity index (χ2n) is 2.47. The third-order valence-corrected chi connectivity index (χ3v) is 1.92. The molecule has 0 aliphatic heterocycles. The molecule has 1 rings (SSSR count). The van der Waals surface area contributed by atoms with Gasteiger partial charge >= 0.3 is 6.18 Å². The van der Waals surface area contributed by atoms with Gasteiger partial charge in [0.1, 0.15) is 11.6 Å². The van der Waals surface area contributed by atoms with Gasteiger partial charge in [-0.3, -0.25) is 0 Å². The molecule has 1 aromatic carbocycles. The van der Waals surface area contributed by atoms with E-state index in [-0.39, 0.29) is 5.75 Å². The van der Waals surface area contributed by atoms with Gasteiger partial charge in [0.05, 0.1) is 17.7 Å². The molecule has 1 nitrogen and oxygen atoms in total. The molecule has 0 N–H and O–H groups in total. The molecule has 0 aromatic heterocycles. The van der Waals surface area contributed by atoms with Gasteiger partial charge in [0, 0.05) is 6.07 Å². The minimum atomic E-state index is -4.69. The van der Waals surface area contributed by atoms with E-state index in [2.05, 4.69) is 4.74 Å². The number of ether oxygens (including phenoxy) is 1. The molecule has 0 radical (unpaired) electrons. The summed E-state index contributed by atoms with van der Waals surface area (Å²) in [6.07, 6.45) is -4.69. The fraction of sp³-hybridized carbons (Fsp3) is 0.250. The van der Waals surface area contributed by atoms with E-state index in [1.807, 2.05) is 0 Å². The maximum absolute atomic E-state index is 12.7. The number of methoxy groups -OCH3 is 1. The zero-order valence-corrected chi connectivity index (χ0v) is 7.71. The van der Waals surface area contributed by atoms with Crippen molar-refractivity contribution >= 4 is 11.6 Å². The van der Waals surface area contributed by atoms with E-state index in [9.17, 15) is 17.6 Å². The standard InChI is InChI=1S/C8H5ClF4O/c1-14-6-3-4(10)2-5(7(6)9)8(11,12)13/h2-3H,1H3. The molecule has 0 bridgehead atoms. The predicted octanol–water partition coefficient (Wildman–Crippen LogP) is 3.51. The van der Waals surface area contributed by atoms with Gasteiger partial charge in [-0.15, -0.1) is 0 Å². The third-order valence-electron chi connectivity index (χ3n) is 1.53. The maximum Gasteiger partial charge on any atom is 0.418 e. The number of alkyl halides is 3. The fourth-order valence-corrected chi connectivity index (χ4v) is 1.21. The zero-order valence-electron chi connectivity index (χ0n) is 6.95.